The number of hydrogen-bond donors (Lipinski definition) is 1. The lowest BCUT2D eigenvalue weighted by atomic mass is 10.1. The fourth-order valence-electron chi connectivity index (χ4n) is 3.39. The largest absolute Gasteiger partial charge is 0.417 e. The molecule has 1 aliphatic rings. The van der Waals surface area contributed by atoms with Gasteiger partial charge in [-0.05, 0) is 24.3 Å². The molecule has 3 heterocycles. The number of amides is 1. The van der Waals surface area contributed by atoms with E-state index in [2.05, 4.69) is 15.0 Å². The highest BCUT2D eigenvalue weighted by atomic mass is 35.5. The standard InChI is InChI=1S/C19H15ClF5N5O/c20-12-8-11(19(23,24)25)9-26-17(12)29-3-5-30(6-4-29)18(31)10-1-2-13-14(7-10)28-16(27-13)15(21)22/h1-2,7-9,15H,3-6H2,(H,27,28). The van der Waals surface area contributed by atoms with Gasteiger partial charge in [0.1, 0.15) is 5.82 Å². The van der Waals surface area contributed by atoms with Crippen molar-refractivity contribution in [3.63, 3.8) is 0 Å². The normalized spacial score (nSPS) is 15.2. The highest BCUT2D eigenvalue weighted by Crippen LogP contribution is 2.33. The number of benzene rings is 1. The Morgan fingerprint density at radius 3 is 2.45 bits per heavy atom. The third kappa shape index (κ3) is 4.27. The fraction of sp³-hybridized carbons (Fsp3) is 0.316. The van der Waals surface area contributed by atoms with E-state index in [0.717, 1.165) is 12.3 Å². The van der Waals surface area contributed by atoms with Crippen molar-refractivity contribution >= 4 is 34.4 Å². The van der Waals surface area contributed by atoms with E-state index in [1.54, 1.807) is 9.80 Å². The van der Waals surface area contributed by atoms with E-state index in [4.69, 9.17) is 11.6 Å². The summed E-state index contributed by atoms with van der Waals surface area (Å²) in [7, 11) is 0. The zero-order chi connectivity index (χ0) is 22.3. The Morgan fingerprint density at radius 2 is 1.84 bits per heavy atom. The predicted molar refractivity (Wildman–Crippen MR) is 103 cm³/mol. The number of anilines is 1. The second-order valence-corrected chi connectivity index (χ2v) is 7.37. The first-order chi connectivity index (χ1) is 14.6. The summed E-state index contributed by atoms with van der Waals surface area (Å²) >= 11 is 6.00. The number of piperazine rings is 1. The van der Waals surface area contributed by atoms with Crippen LogP contribution in [0.5, 0.6) is 0 Å². The number of H-pyrrole nitrogens is 1. The summed E-state index contributed by atoms with van der Waals surface area (Å²) in [6.45, 7) is 1.24. The predicted octanol–water partition coefficient (Wildman–Crippen LogP) is 4.53. The molecule has 0 radical (unpaired) electrons. The number of carbonyl (C=O) groups is 1. The first kappa shape index (κ1) is 21.3. The third-order valence-electron chi connectivity index (χ3n) is 4.97. The van der Waals surface area contributed by atoms with Crippen LogP contribution in [0.3, 0.4) is 0 Å². The number of hydrogen-bond acceptors (Lipinski definition) is 4. The zero-order valence-corrected chi connectivity index (χ0v) is 16.5. The van der Waals surface area contributed by atoms with Crippen molar-refractivity contribution < 1.29 is 26.7 Å². The Kier molecular flexibility index (Phi) is 5.46. The van der Waals surface area contributed by atoms with Crippen molar-refractivity contribution in [2.45, 2.75) is 12.6 Å². The van der Waals surface area contributed by atoms with Gasteiger partial charge in [-0.3, -0.25) is 4.79 Å². The molecule has 0 saturated carbocycles. The van der Waals surface area contributed by atoms with Gasteiger partial charge in [-0.2, -0.15) is 13.2 Å². The molecule has 1 amide bonds. The van der Waals surface area contributed by atoms with Gasteiger partial charge in [-0.25, -0.2) is 18.7 Å². The van der Waals surface area contributed by atoms with Crippen molar-refractivity contribution in [1.29, 1.82) is 0 Å². The molecule has 2 aromatic heterocycles. The fourth-order valence-corrected chi connectivity index (χ4v) is 3.67. The Labute approximate surface area is 177 Å². The number of nitrogens with one attached hydrogen (secondary N) is 1. The van der Waals surface area contributed by atoms with Crippen LogP contribution < -0.4 is 4.90 Å². The van der Waals surface area contributed by atoms with Crippen molar-refractivity contribution in [3.8, 4) is 0 Å². The van der Waals surface area contributed by atoms with Crippen molar-refractivity contribution in [3.05, 3.63) is 52.4 Å². The van der Waals surface area contributed by atoms with E-state index in [-0.39, 0.29) is 16.7 Å². The molecule has 0 bridgehead atoms. The number of nitrogens with zero attached hydrogens (tertiary/aromatic N) is 4. The van der Waals surface area contributed by atoms with E-state index in [1.165, 1.54) is 18.2 Å². The summed E-state index contributed by atoms with van der Waals surface area (Å²) in [6.07, 6.45) is -6.55. The molecule has 1 fully saturated rings. The minimum atomic E-state index is -4.54. The minimum absolute atomic E-state index is 0.117. The number of aromatic amines is 1. The van der Waals surface area contributed by atoms with Crippen LogP contribution >= 0.6 is 11.6 Å². The number of imidazole rings is 1. The Hall–Kier alpha value is -2.95. The Morgan fingerprint density at radius 1 is 1.13 bits per heavy atom. The molecule has 1 saturated heterocycles. The van der Waals surface area contributed by atoms with Gasteiger partial charge in [-0.1, -0.05) is 11.6 Å². The lowest BCUT2D eigenvalue weighted by Gasteiger charge is -2.35. The number of rotatable bonds is 3. The monoisotopic (exact) mass is 459 g/mol. The van der Waals surface area contributed by atoms with Gasteiger partial charge in [0, 0.05) is 37.9 Å². The summed E-state index contributed by atoms with van der Waals surface area (Å²) in [5.74, 6) is -0.532. The molecule has 0 atom stereocenters. The zero-order valence-electron chi connectivity index (χ0n) is 15.8. The van der Waals surface area contributed by atoms with Crippen LogP contribution in [0.2, 0.25) is 5.02 Å². The van der Waals surface area contributed by atoms with Crippen LogP contribution in [0.1, 0.15) is 28.2 Å². The molecule has 12 heteroatoms. The van der Waals surface area contributed by atoms with E-state index < -0.39 is 24.0 Å². The second kappa shape index (κ2) is 7.95. The topological polar surface area (TPSA) is 65.1 Å². The number of halogens is 6. The molecule has 31 heavy (non-hydrogen) atoms. The molecule has 0 aliphatic carbocycles. The first-order valence-electron chi connectivity index (χ1n) is 9.18. The van der Waals surface area contributed by atoms with Gasteiger partial charge in [0.05, 0.1) is 21.6 Å². The molecular weight excluding hydrogens is 445 g/mol. The van der Waals surface area contributed by atoms with Gasteiger partial charge in [0.2, 0.25) is 0 Å². The molecule has 1 N–H and O–H groups in total. The SMILES string of the molecule is O=C(c1ccc2nc(C(F)F)[nH]c2c1)N1CCN(c2ncc(C(F)(F)F)cc2Cl)CC1. The lowest BCUT2D eigenvalue weighted by Crippen LogP contribution is -2.49. The molecule has 0 spiro atoms. The number of carbonyl (C=O) groups excluding carboxylic acids is 1. The van der Waals surface area contributed by atoms with Crippen LogP contribution in [0, 0.1) is 0 Å². The molecule has 1 aromatic carbocycles. The van der Waals surface area contributed by atoms with Crippen LogP contribution in [-0.2, 0) is 6.18 Å². The van der Waals surface area contributed by atoms with Gasteiger partial charge in [-0.15, -0.1) is 0 Å². The smallest absolute Gasteiger partial charge is 0.352 e. The maximum atomic E-state index is 12.8. The van der Waals surface area contributed by atoms with Gasteiger partial charge in [0.15, 0.2) is 5.82 Å². The minimum Gasteiger partial charge on any atom is -0.352 e. The second-order valence-electron chi connectivity index (χ2n) is 6.96. The molecule has 164 valence electrons. The highest BCUT2D eigenvalue weighted by Gasteiger charge is 2.32. The number of pyridine rings is 1. The van der Waals surface area contributed by atoms with Crippen LogP contribution in [-0.4, -0.2) is 51.9 Å². The number of alkyl halides is 5. The van der Waals surface area contributed by atoms with Crippen molar-refractivity contribution in [2.24, 2.45) is 0 Å². The molecule has 3 aromatic rings. The van der Waals surface area contributed by atoms with Crippen molar-refractivity contribution in [1.82, 2.24) is 19.9 Å². The van der Waals surface area contributed by atoms with Gasteiger partial charge < -0.3 is 14.8 Å². The van der Waals surface area contributed by atoms with E-state index in [0.29, 0.717) is 42.8 Å². The van der Waals surface area contributed by atoms with E-state index in [9.17, 15) is 26.7 Å². The Balaban J connectivity index is 1.45. The van der Waals surface area contributed by atoms with Gasteiger partial charge >= 0.3 is 6.18 Å². The molecule has 6 nitrogen and oxygen atoms in total. The average molecular weight is 460 g/mol. The maximum absolute atomic E-state index is 12.8. The molecular formula is C19H15ClF5N5O. The van der Waals surface area contributed by atoms with Gasteiger partial charge in [0.25, 0.3) is 12.3 Å². The summed E-state index contributed by atoms with van der Waals surface area (Å²) in [5.41, 5.74) is 0.0515. The highest BCUT2D eigenvalue weighted by molar-refractivity contribution is 6.33. The molecule has 0 unspecified atom stereocenters. The average Bonchev–Trinajstić information content (AvgIpc) is 3.16. The quantitative estimate of drug-likeness (QED) is 0.584. The summed E-state index contributed by atoms with van der Waals surface area (Å²) in [6, 6.07) is 5.31. The summed E-state index contributed by atoms with van der Waals surface area (Å²) in [4.78, 5) is 26.2. The number of fused-ring (bicyclic) bond motifs is 1. The third-order valence-corrected chi connectivity index (χ3v) is 5.25. The lowest BCUT2D eigenvalue weighted by molar-refractivity contribution is -0.137. The first-order valence-corrected chi connectivity index (χ1v) is 9.56. The van der Waals surface area contributed by atoms with Crippen LogP contribution in [0.4, 0.5) is 27.8 Å². The van der Waals surface area contributed by atoms with Crippen LogP contribution in [0.25, 0.3) is 11.0 Å². The summed E-state index contributed by atoms with van der Waals surface area (Å²) < 4.78 is 63.9. The van der Waals surface area contributed by atoms with Crippen molar-refractivity contribution in [2.75, 3.05) is 31.1 Å². The van der Waals surface area contributed by atoms with Crippen LogP contribution in [0.15, 0.2) is 30.5 Å². The van der Waals surface area contributed by atoms with E-state index in [1.807, 2.05) is 0 Å². The molecule has 4 rings (SSSR count). The van der Waals surface area contributed by atoms with E-state index >= 15 is 0 Å². The molecule has 1 aliphatic heterocycles. The number of aromatic nitrogens is 3. The summed E-state index contributed by atoms with van der Waals surface area (Å²) in [5, 5.41) is -0.117. The maximum Gasteiger partial charge on any atom is 0.417 e. The Bertz CT molecular complexity index is 1120.